The van der Waals surface area contributed by atoms with Crippen LogP contribution in [0.15, 0.2) is 23.8 Å². The van der Waals surface area contributed by atoms with Crippen molar-refractivity contribution >= 4 is 0 Å². The van der Waals surface area contributed by atoms with Gasteiger partial charge in [0.1, 0.15) is 0 Å². The van der Waals surface area contributed by atoms with Gasteiger partial charge in [0, 0.05) is 0 Å². The summed E-state index contributed by atoms with van der Waals surface area (Å²) in [6.45, 7) is 4.92. The quantitative estimate of drug-likeness (QED) is 0.503. The Kier molecular flexibility index (Phi) is 3.63. The second-order valence-corrected chi connectivity index (χ2v) is 7.12. The first-order valence-corrected chi connectivity index (χ1v) is 8.12. The lowest BCUT2D eigenvalue weighted by Crippen LogP contribution is -2.14. The van der Waals surface area contributed by atoms with Crippen molar-refractivity contribution in [1.82, 2.24) is 0 Å². The van der Waals surface area contributed by atoms with Gasteiger partial charge in [-0.3, -0.25) is 0 Å². The fourth-order valence-corrected chi connectivity index (χ4v) is 4.26. The van der Waals surface area contributed by atoms with Crippen molar-refractivity contribution in [3.8, 4) is 0 Å². The molecule has 0 bridgehead atoms. The summed E-state index contributed by atoms with van der Waals surface area (Å²) in [6, 6.07) is 0. The zero-order valence-corrected chi connectivity index (χ0v) is 12.1. The van der Waals surface area contributed by atoms with Gasteiger partial charge in [0.25, 0.3) is 0 Å². The lowest BCUT2D eigenvalue weighted by atomic mass is 9.80. The number of hydrogen-bond acceptors (Lipinski definition) is 0. The summed E-state index contributed by atoms with van der Waals surface area (Å²) in [5.41, 5.74) is 1.79. The maximum Gasteiger partial charge on any atom is -0.00117 e. The molecule has 1 saturated carbocycles. The molecule has 5 atom stereocenters. The number of rotatable bonds is 0. The third kappa shape index (κ3) is 2.73. The normalized spacial score (nSPS) is 44.3. The van der Waals surface area contributed by atoms with Crippen LogP contribution < -0.4 is 0 Å². The molecular formula is C18H28. The van der Waals surface area contributed by atoms with E-state index in [-0.39, 0.29) is 0 Å². The van der Waals surface area contributed by atoms with Crippen LogP contribution in [0.5, 0.6) is 0 Å². The predicted octanol–water partition coefficient (Wildman–Crippen LogP) is 5.36. The Labute approximate surface area is 113 Å². The van der Waals surface area contributed by atoms with Crippen molar-refractivity contribution in [2.75, 3.05) is 0 Å². The van der Waals surface area contributed by atoms with Gasteiger partial charge in [-0.05, 0) is 55.3 Å². The van der Waals surface area contributed by atoms with Crippen LogP contribution in [-0.2, 0) is 0 Å². The van der Waals surface area contributed by atoms with Crippen LogP contribution >= 0.6 is 0 Å². The maximum absolute atomic E-state index is 2.56. The van der Waals surface area contributed by atoms with Crippen LogP contribution in [0.1, 0.15) is 58.8 Å². The number of fused-ring (bicyclic) bond motifs is 2. The van der Waals surface area contributed by atoms with Crippen LogP contribution in [0.2, 0.25) is 0 Å². The van der Waals surface area contributed by atoms with E-state index in [0.29, 0.717) is 0 Å². The molecule has 0 N–H and O–H groups in total. The highest BCUT2D eigenvalue weighted by molar-refractivity contribution is 5.32. The van der Waals surface area contributed by atoms with Crippen LogP contribution in [0.25, 0.3) is 0 Å². The van der Waals surface area contributed by atoms with E-state index in [1.165, 1.54) is 44.9 Å². The molecule has 0 heteroatoms. The largest absolute Gasteiger partial charge is 0.0880 e. The molecule has 18 heavy (non-hydrogen) atoms. The molecule has 0 nitrogen and oxygen atoms in total. The van der Waals surface area contributed by atoms with Gasteiger partial charge < -0.3 is 0 Å². The summed E-state index contributed by atoms with van der Waals surface area (Å²) in [5.74, 6) is 4.54. The lowest BCUT2D eigenvalue weighted by molar-refractivity contribution is 0.295. The van der Waals surface area contributed by atoms with Crippen molar-refractivity contribution < 1.29 is 0 Å². The summed E-state index contributed by atoms with van der Waals surface area (Å²) in [6.07, 6.45) is 17.6. The molecule has 0 aromatic carbocycles. The van der Waals surface area contributed by atoms with E-state index in [0.717, 1.165) is 29.6 Å². The molecule has 3 aliphatic rings. The summed E-state index contributed by atoms with van der Waals surface area (Å²) in [5, 5.41) is 0. The smallest absolute Gasteiger partial charge is 0.00117 e. The molecule has 0 saturated heterocycles. The Morgan fingerprint density at radius 2 is 1.89 bits per heavy atom. The fraction of sp³-hybridized carbons (Fsp3) is 0.778. The minimum absolute atomic E-state index is 0.869. The summed E-state index contributed by atoms with van der Waals surface area (Å²) >= 11 is 0. The van der Waals surface area contributed by atoms with E-state index in [2.05, 4.69) is 32.1 Å². The van der Waals surface area contributed by atoms with Crippen LogP contribution in [-0.4, -0.2) is 0 Å². The highest BCUT2D eigenvalue weighted by Gasteiger charge is 2.34. The van der Waals surface area contributed by atoms with Crippen LogP contribution in [0.4, 0.5) is 0 Å². The van der Waals surface area contributed by atoms with Crippen molar-refractivity contribution in [2.45, 2.75) is 58.8 Å². The first-order valence-electron chi connectivity index (χ1n) is 8.12. The molecular weight excluding hydrogens is 216 g/mol. The highest BCUT2D eigenvalue weighted by Crippen LogP contribution is 2.46. The zero-order valence-electron chi connectivity index (χ0n) is 12.1. The molecule has 0 heterocycles. The van der Waals surface area contributed by atoms with Crippen molar-refractivity contribution in [2.24, 2.45) is 29.6 Å². The standard InChI is InChI=1S/C18H28/c1-13-6-3-4-7-14(2)18-12-17(18)11-16-9-5-8-15(16)10-13/h5,9,12-17H,3-4,6-8,10-11H2,1-2H3. The zero-order chi connectivity index (χ0) is 12.5. The molecule has 0 aromatic rings. The number of allylic oxidation sites excluding steroid dienone is 4. The van der Waals surface area contributed by atoms with Crippen molar-refractivity contribution in [1.29, 1.82) is 0 Å². The molecule has 1 fully saturated rings. The van der Waals surface area contributed by atoms with Gasteiger partial charge in [-0.2, -0.15) is 0 Å². The molecule has 100 valence electrons. The second kappa shape index (κ2) is 5.23. The monoisotopic (exact) mass is 244 g/mol. The van der Waals surface area contributed by atoms with E-state index in [4.69, 9.17) is 0 Å². The molecule has 0 radical (unpaired) electrons. The van der Waals surface area contributed by atoms with Gasteiger partial charge >= 0.3 is 0 Å². The Morgan fingerprint density at radius 3 is 2.78 bits per heavy atom. The molecule has 3 rings (SSSR count). The summed E-state index contributed by atoms with van der Waals surface area (Å²) in [4.78, 5) is 0. The van der Waals surface area contributed by atoms with E-state index >= 15 is 0 Å². The van der Waals surface area contributed by atoms with Crippen molar-refractivity contribution in [3.63, 3.8) is 0 Å². The first kappa shape index (κ1) is 12.5. The molecule has 0 aromatic heterocycles. The summed E-state index contributed by atoms with van der Waals surface area (Å²) in [7, 11) is 0. The van der Waals surface area contributed by atoms with Gasteiger partial charge in [-0.1, -0.05) is 56.9 Å². The van der Waals surface area contributed by atoms with E-state index < -0.39 is 0 Å². The topological polar surface area (TPSA) is 0 Å². The van der Waals surface area contributed by atoms with Gasteiger partial charge in [0.05, 0.1) is 0 Å². The minimum atomic E-state index is 0.869. The van der Waals surface area contributed by atoms with Crippen molar-refractivity contribution in [3.05, 3.63) is 23.8 Å². The third-order valence-electron chi connectivity index (χ3n) is 5.52. The van der Waals surface area contributed by atoms with Crippen LogP contribution in [0, 0.1) is 29.6 Å². The van der Waals surface area contributed by atoms with Gasteiger partial charge in [0.15, 0.2) is 0 Å². The summed E-state index contributed by atoms with van der Waals surface area (Å²) < 4.78 is 0. The predicted molar refractivity (Wildman–Crippen MR) is 78.3 cm³/mol. The Balaban J connectivity index is 1.65. The molecule has 3 aliphatic carbocycles. The molecule has 5 unspecified atom stereocenters. The average Bonchev–Trinajstić information content (AvgIpc) is 2.97. The highest BCUT2D eigenvalue weighted by atomic mass is 14.4. The van der Waals surface area contributed by atoms with E-state index in [9.17, 15) is 0 Å². The van der Waals surface area contributed by atoms with Gasteiger partial charge in [-0.15, -0.1) is 0 Å². The first-order chi connectivity index (χ1) is 8.74. The van der Waals surface area contributed by atoms with E-state index in [1.54, 1.807) is 5.57 Å². The average molecular weight is 244 g/mol. The van der Waals surface area contributed by atoms with E-state index in [1.807, 2.05) is 0 Å². The SMILES string of the molecule is CC1CCCCC(C)C2=CC2CC2C=CCC2C1. The molecule has 0 amide bonds. The Morgan fingerprint density at radius 1 is 1.06 bits per heavy atom. The lowest BCUT2D eigenvalue weighted by Gasteiger charge is -2.24. The molecule has 0 spiro atoms. The molecule has 0 aliphatic heterocycles. The van der Waals surface area contributed by atoms with Crippen LogP contribution in [0.3, 0.4) is 0 Å². The Hall–Kier alpha value is -0.520. The fourth-order valence-electron chi connectivity index (χ4n) is 4.26. The number of hydrogen-bond donors (Lipinski definition) is 0. The van der Waals surface area contributed by atoms with Gasteiger partial charge in [-0.25, -0.2) is 0 Å². The maximum atomic E-state index is 2.56. The minimum Gasteiger partial charge on any atom is -0.0880 e. The van der Waals surface area contributed by atoms with Gasteiger partial charge in [0.2, 0.25) is 0 Å². The third-order valence-corrected chi connectivity index (χ3v) is 5.52. The Bertz CT molecular complexity index is 349. The second-order valence-electron chi connectivity index (χ2n) is 7.12.